The van der Waals surface area contributed by atoms with Gasteiger partial charge in [0.05, 0.1) is 0 Å². The van der Waals surface area contributed by atoms with Crippen molar-refractivity contribution >= 4 is 23.3 Å². The van der Waals surface area contributed by atoms with Crippen molar-refractivity contribution in [2.24, 2.45) is 0 Å². The zero-order valence-electron chi connectivity index (χ0n) is 8.15. The zero-order chi connectivity index (χ0) is 11.0. The quantitative estimate of drug-likeness (QED) is 0.705. The van der Waals surface area contributed by atoms with E-state index in [2.05, 4.69) is 0 Å². The highest BCUT2D eigenvalue weighted by atomic mass is 16.5. The summed E-state index contributed by atoms with van der Waals surface area (Å²) in [4.78, 5) is 11.6. The molecule has 0 saturated carbocycles. The molecule has 15 heavy (non-hydrogen) atoms. The van der Waals surface area contributed by atoms with E-state index in [0.29, 0.717) is 21.9 Å². The number of allylic oxidation sites excluding steroid dienone is 1. The van der Waals surface area contributed by atoms with Crippen LogP contribution in [-0.4, -0.2) is 18.5 Å². The van der Waals surface area contributed by atoms with Crippen molar-refractivity contribution in [3.05, 3.63) is 40.6 Å². The van der Waals surface area contributed by atoms with Gasteiger partial charge in [0.2, 0.25) is 5.78 Å². The van der Waals surface area contributed by atoms with Gasteiger partial charge in [-0.05, 0) is 25.3 Å². The standard InChI is InChI=1S/C11H9N2O2/c1-13(15)10-4-2-3-8-7(10)5-6-9(12)11(8)14/h2-6,12H,1H3/q-1. The lowest BCUT2D eigenvalue weighted by atomic mass is 9.93. The third-order valence-electron chi connectivity index (χ3n) is 2.33. The number of carbonyl (C=O) groups excluding carboxylic acids is 1. The number of fused-ring (bicyclic) bond motifs is 1. The maximum Gasteiger partial charge on any atom is 0.211 e. The van der Waals surface area contributed by atoms with Crippen LogP contribution < -0.4 is 5.06 Å². The molecule has 0 aromatic heterocycles. The van der Waals surface area contributed by atoms with Crippen LogP contribution in [0.15, 0.2) is 24.3 Å². The minimum atomic E-state index is -0.337. The summed E-state index contributed by atoms with van der Waals surface area (Å²) < 4.78 is 0. The minimum absolute atomic E-state index is 0.0480. The summed E-state index contributed by atoms with van der Waals surface area (Å²) in [6, 6.07) is 4.92. The first-order chi connectivity index (χ1) is 7.11. The molecule has 1 aromatic carbocycles. The van der Waals surface area contributed by atoms with Gasteiger partial charge in [-0.2, -0.15) is 0 Å². The predicted octanol–water partition coefficient (Wildman–Crippen LogP) is 1.85. The molecule has 1 aliphatic carbocycles. The lowest BCUT2D eigenvalue weighted by Crippen LogP contribution is -2.18. The number of carbonyl (C=O) groups is 1. The fourth-order valence-electron chi connectivity index (χ4n) is 1.59. The van der Waals surface area contributed by atoms with Gasteiger partial charge in [-0.3, -0.25) is 10.2 Å². The van der Waals surface area contributed by atoms with Crippen molar-refractivity contribution in [2.75, 3.05) is 12.1 Å². The van der Waals surface area contributed by atoms with Crippen LogP contribution in [0.25, 0.3) is 6.08 Å². The molecule has 2 rings (SSSR count). The topological polar surface area (TPSA) is 67.2 Å². The second-order valence-electron chi connectivity index (χ2n) is 3.31. The Kier molecular flexibility index (Phi) is 2.13. The van der Waals surface area contributed by atoms with Gasteiger partial charge < -0.3 is 10.3 Å². The fourth-order valence-corrected chi connectivity index (χ4v) is 1.59. The van der Waals surface area contributed by atoms with Gasteiger partial charge in [0.25, 0.3) is 0 Å². The SMILES string of the molecule is CN([O-])c1cccc2c1C=CC(=N)C2=O. The van der Waals surface area contributed by atoms with Crippen LogP contribution >= 0.6 is 0 Å². The van der Waals surface area contributed by atoms with E-state index < -0.39 is 0 Å². The van der Waals surface area contributed by atoms with Crippen LogP contribution in [-0.2, 0) is 0 Å². The highest BCUT2D eigenvalue weighted by molar-refractivity contribution is 6.51. The number of Topliss-reactive ketones (excluding diaryl/α,β-unsaturated/α-hetero) is 1. The first-order valence-corrected chi connectivity index (χ1v) is 4.46. The maximum absolute atomic E-state index is 11.6. The van der Waals surface area contributed by atoms with Crippen molar-refractivity contribution < 1.29 is 4.79 Å². The average Bonchev–Trinajstić information content (AvgIpc) is 2.23. The van der Waals surface area contributed by atoms with E-state index in [1.165, 1.54) is 13.1 Å². The Labute approximate surface area is 86.9 Å². The van der Waals surface area contributed by atoms with Gasteiger partial charge >= 0.3 is 0 Å². The molecule has 1 aromatic rings. The molecule has 0 aliphatic heterocycles. The molecule has 0 atom stereocenters. The molecule has 0 heterocycles. The van der Waals surface area contributed by atoms with E-state index in [0.717, 1.165) is 0 Å². The molecule has 0 fully saturated rings. The predicted molar refractivity (Wildman–Crippen MR) is 59.3 cm³/mol. The Hall–Kier alpha value is -1.94. The summed E-state index contributed by atoms with van der Waals surface area (Å²) in [6.45, 7) is 0. The van der Waals surface area contributed by atoms with Gasteiger partial charge in [0.15, 0.2) is 0 Å². The smallest absolute Gasteiger partial charge is 0.211 e. The molecule has 0 radical (unpaired) electrons. The lowest BCUT2D eigenvalue weighted by Gasteiger charge is -2.28. The van der Waals surface area contributed by atoms with Gasteiger partial charge in [-0.15, -0.1) is 0 Å². The normalized spacial score (nSPS) is 14.0. The van der Waals surface area contributed by atoms with Crippen molar-refractivity contribution in [1.82, 2.24) is 0 Å². The second-order valence-corrected chi connectivity index (χ2v) is 3.31. The van der Waals surface area contributed by atoms with Gasteiger partial charge in [-0.25, -0.2) is 0 Å². The minimum Gasteiger partial charge on any atom is -0.758 e. The number of hydrogen-bond donors (Lipinski definition) is 1. The second kappa shape index (κ2) is 3.33. The van der Waals surface area contributed by atoms with E-state index in [4.69, 9.17) is 5.41 Å². The molecule has 0 amide bonds. The molecule has 0 spiro atoms. The number of anilines is 1. The average molecular weight is 201 g/mol. The largest absolute Gasteiger partial charge is 0.758 e. The van der Waals surface area contributed by atoms with Crippen LogP contribution in [0.1, 0.15) is 15.9 Å². The number of nitrogens with one attached hydrogen (secondary N) is 1. The molecule has 4 heteroatoms. The third kappa shape index (κ3) is 1.45. The summed E-state index contributed by atoms with van der Waals surface area (Å²) >= 11 is 0. The number of hydrogen-bond acceptors (Lipinski definition) is 4. The monoisotopic (exact) mass is 201 g/mol. The van der Waals surface area contributed by atoms with Crippen LogP contribution in [0.4, 0.5) is 5.69 Å². The van der Waals surface area contributed by atoms with E-state index in [9.17, 15) is 10.0 Å². The lowest BCUT2D eigenvalue weighted by molar-refractivity contribution is 0.106. The number of rotatable bonds is 1. The first-order valence-electron chi connectivity index (χ1n) is 4.46. The number of hydroxylamine groups is 1. The Balaban J connectivity index is 2.66. The molecule has 0 saturated heterocycles. The highest BCUT2D eigenvalue weighted by Gasteiger charge is 2.19. The summed E-state index contributed by atoms with van der Waals surface area (Å²) in [5.74, 6) is -0.337. The highest BCUT2D eigenvalue weighted by Crippen LogP contribution is 2.27. The number of ketones is 1. The fraction of sp³-hybridized carbons (Fsp3) is 0.0909. The van der Waals surface area contributed by atoms with E-state index >= 15 is 0 Å². The molecule has 4 nitrogen and oxygen atoms in total. The molecule has 0 bridgehead atoms. The summed E-state index contributed by atoms with van der Waals surface area (Å²) in [5.41, 5.74) is 1.41. The van der Waals surface area contributed by atoms with Crippen molar-refractivity contribution in [1.29, 1.82) is 5.41 Å². The Morgan fingerprint density at radius 1 is 1.33 bits per heavy atom. The summed E-state index contributed by atoms with van der Waals surface area (Å²) in [5, 5.41) is 19.3. The van der Waals surface area contributed by atoms with Crippen molar-refractivity contribution in [3.8, 4) is 0 Å². The maximum atomic E-state index is 11.6. The van der Waals surface area contributed by atoms with Crippen LogP contribution in [0.3, 0.4) is 0 Å². The molecular weight excluding hydrogens is 192 g/mol. The molecule has 76 valence electrons. The zero-order valence-corrected chi connectivity index (χ0v) is 8.15. The van der Waals surface area contributed by atoms with E-state index in [-0.39, 0.29) is 11.5 Å². The summed E-state index contributed by atoms with van der Waals surface area (Å²) in [6.07, 6.45) is 3.04. The summed E-state index contributed by atoms with van der Waals surface area (Å²) in [7, 11) is 1.38. The van der Waals surface area contributed by atoms with Crippen LogP contribution in [0, 0.1) is 10.6 Å². The molecular formula is C11H9N2O2-. The third-order valence-corrected chi connectivity index (χ3v) is 2.33. The van der Waals surface area contributed by atoms with Gasteiger partial charge in [-0.1, -0.05) is 12.1 Å². The molecule has 1 aliphatic rings. The Bertz CT molecular complexity index is 475. The Morgan fingerprint density at radius 2 is 2.07 bits per heavy atom. The van der Waals surface area contributed by atoms with Gasteiger partial charge in [0.1, 0.15) is 5.71 Å². The van der Waals surface area contributed by atoms with Gasteiger partial charge in [0, 0.05) is 16.8 Å². The van der Waals surface area contributed by atoms with Crippen LogP contribution in [0.2, 0.25) is 0 Å². The van der Waals surface area contributed by atoms with E-state index in [1.807, 2.05) is 0 Å². The number of benzene rings is 1. The first kappa shape index (κ1) is 9.61. The van der Waals surface area contributed by atoms with Crippen LogP contribution in [0.5, 0.6) is 0 Å². The Morgan fingerprint density at radius 3 is 2.73 bits per heavy atom. The van der Waals surface area contributed by atoms with E-state index in [1.54, 1.807) is 24.3 Å². The molecule has 1 N–H and O–H groups in total. The van der Waals surface area contributed by atoms with Crippen molar-refractivity contribution in [3.63, 3.8) is 0 Å². The van der Waals surface area contributed by atoms with Crippen molar-refractivity contribution in [2.45, 2.75) is 0 Å². The molecule has 0 unspecified atom stereocenters. The number of nitrogens with zero attached hydrogens (tertiary/aromatic N) is 1.